The van der Waals surface area contributed by atoms with Gasteiger partial charge in [-0.3, -0.25) is 4.79 Å². The molecule has 4 rings (SSSR count). The summed E-state index contributed by atoms with van der Waals surface area (Å²) in [5, 5.41) is 16.9. The zero-order valence-corrected chi connectivity index (χ0v) is 19.7. The van der Waals surface area contributed by atoms with E-state index >= 15 is 0 Å². The maximum absolute atomic E-state index is 12.3. The number of aryl methyl sites for hydroxylation is 2. The number of carbonyl (C=O) groups excluding carboxylic acids is 1. The van der Waals surface area contributed by atoms with E-state index < -0.39 is 11.1 Å². The van der Waals surface area contributed by atoms with E-state index in [4.69, 9.17) is 0 Å². The van der Waals surface area contributed by atoms with Crippen molar-refractivity contribution >= 4 is 34.4 Å². The van der Waals surface area contributed by atoms with Crippen molar-refractivity contribution in [3.63, 3.8) is 0 Å². The fourth-order valence-electron chi connectivity index (χ4n) is 4.02. The largest absolute Gasteiger partial charge is 0.546 e. The third-order valence-electron chi connectivity index (χ3n) is 5.72. The van der Waals surface area contributed by atoms with Crippen molar-refractivity contribution in [1.82, 2.24) is 13.6 Å². The van der Waals surface area contributed by atoms with E-state index in [1.54, 1.807) is 26.2 Å². The number of fused-ring (bicyclic) bond motifs is 1. The second-order valence-electron chi connectivity index (χ2n) is 8.44. The number of aromatic nitrogens is 2. The monoisotopic (exact) mass is 465 g/mol. The molecule has 0 saturated heterocycles. The molecule has 1 aromatic heterocycles. The van der Waals surface area contributed by atoms with Crippen LogP contribution in [0.3, 0.4) is 0 Å². The maximum atomic E-state index is 12.3. The molecule has 0 fully saturated rings. The van der Waals surface area contributed by atoms with Crippen molar-refractivity contribution in [2.45, 2.75) is 32.2 Å². The topological polar surface area (TPSA) is 113 Å². The molecule has 3 N–H and O–H groups in total. The Hall–Kier alpha value is -3.43. The summed E-state index contributed by atoms with van der Waals surface area (Å²) in [6.07, 6.45) is 3.33. The highest BCUT2D eigenvalue weighted by Crippen LogP contribution is 2.36. The van der Waals surface area contributed by atoms with E-state index in [1.807, 2.05) is 6.92 Å². The number of hydrogen-bond acceptors (Lipinski definition) is 7. The molecule has 3 aromatic rings. The van der Waals surface area contributed by atoms with Crippen LogP contribution < -0.4 is 10.6 Å². The van der Waals surface area contributed by atoms with Crippen molar-refractivity contribution in [2.75, 3.05) is 24.7 Å². The molecule has 1 heterocycles. The number of phenolic OH excluding ortho intramolecular Hbond substituents is 1. The minimum absolute atomic E-state index is 0.147. The van der Waals surface area contributed by atoms with Gasteiger partial charge < -0.3 is 25.2 Å². The van der Waals surface area contributed by atoms with Gasteiger partial charge in [-0.1, -0.05) is 36.4 Å². The normalized spacial score (nSPS) is 13.9. The van der Waals surface area contributed by atoms with Crippen molar-refractivity contribution in [2.24, 2.45) is 0 Å². The second kappa shape index (κ2) is 9.21. The summed E-state index contributed by atoms with van der Waals surface area (Å²) in [4.78, 5) is 13.7. The van der Waals surface area contributed by atoms with Gasteiger partial charge in [0.25, 0.3) is 5.91 Å². The van der Waals surface area contributed by atoms with Gasteiger partial charge in [-0.2, -0.15) is 0 Å². The molecule has 0 saturated carbocycles. The molecular weight excluding hydrogens is 438 g/mol. The van der Waals surface area contributed by atoms with Crippen LogP contribution in [0.1, 0.15) is 46.4 Å². The van der Waals surface area contributed by atoms with Crippen LogP contribution in [0.2, 0.25) is 0 Å². The van der Waals surface area contributed by atoms with E-state index in [9.17, 15) is 14.5 Å². The maximum Gasteiger partial charge on any atom is 0.257 e. The molecule has 8 nitrogen and oxygen atoms in total. The second-order valence-corrected chi connectivity index (χ2v) is 9.27. The predicted octanol–water partition coefficient (Wildman–Crippen LogP) is 4.57. The van der Waals surface area contributed by atoms with E-state index in [2.05, 4.69) is 44.2 Å². The number of hydrogen-bond donors (Lipinski definition) is 3. The van der Waals surface area contributed by atoms with Gasteiger partial charge in [0.1, 0.15) is 0 Å². The van der Waals surface area contributed by atoms with Gasteiger partial charge in [0.15, 0.2) is 16.9 Å². The molecule has 0 aliphatic heterocycles. The van der Waals surface area contributed by atoms with Crippen molar-refractivity contribution in [1.29, 1.82) is 0 Å². The number of carbonyl (C=O) groups is 1. The fraction of sp³-hybridized carbons (Fsp3) is 0.292. The van der Waals surface area contributed by atoms with Crippen LogP contribution in [0.25, 0.3) is 0 Å². The number of anilines is 3. The smallest absolute Gasteiger partial charge is 0.257 e. The van der Waals surface area contributed by atoms with Crippen LogP contribution in [-0.2, 0) is 12.8 Å². The summed E-state index contributed by atoms with van der Waals surface area (Å²) in [6.45, 7) is 6.04. The number of nitrogens with zero attached hydrogens (tertiary/aromatic N) is 3. The number of amides is 1. The lowest BCUT2D eigenvalue weighted by Crippen LogP contribution is -2.21. The number of nitrogens with one attached hydrogen (secondary N) is 2. The average molecular weight is 466 g/mol. The van der Waals surface area contributed by atoms with Gasteiger partial charge in [-0.25, -0.2) is 0 Å². The van der Waals surface area contributed by atoms with Gasteiger partial charge >= 0.3 is 0 Å². The predicted molar refractivity (Wildman–Crippen MR) is 130 cm³/mol. The summed E-state index contributed by atoms with van der Waals surface area (Å²) >= 11 is -1.81. The highest BCUT2D eigenvalue weighted by molar-refractivity contribution is 7.14. The molecule has 0 spiro atoms. The highest BCUT2D eigenvalue weighted by atomic mass is 32.2. The quantitative estimate of drug-likeness (QED) is 0.266. The molecule has 1 aliphatic carbocycles. The number of rotatable bonds is 7. The first-order valence-corrected chi connectivity index (χ1v) is 11.7. The third-order valence-corrected chi connectivity index (χ3v) is 6.40. The first-order valence-electron chi connectivity index (χ1n) is 10.7. The van der Waals surface area contributed by atoms with E-state index in [-0.39, 0.29) is 34.8 Å². The van der Waals surface area contributed by atoms with E-state index in [0.717, 1.165) is 30.4 Å². The fourth-order valence-corrected chi connectivity index (χ4v) is 4.65. The van der Waals surface area contributed by atoms with E-state index in [1.165, 1.54) is 22.1 Å². The molecule has 2 atom stereocenters. The van der Waals surface area contributed by atoms with Crippen LogP contribution in [0.15, 0.2) is 48.6 Å². The summed E-state index contributed by atoms with van der Waals surface area (Å²) < 4.78 is 20.3. The Labute approximate surface area is 196 Å². The molecule has 2 aromatic carbocycles. The Morgan fingerprint density at radius 3 is 2.64 bits per heavy atom. The Balaban J connectivity index is 1.63. The SMILES string of the molecule is C=C(C)C(Nc1n[s+]([O-])nc1Nc1cccc(C(=O)N(C)C)c1O)c1ccc2c(c1)CCC2. The lowest BCUT2D eigenvalue weighted by atomic mass is 9.97. The summed E-state index contributed by atoms with van der Waals surface area (Å²) in [6, 6.07) is 11.0. The minimum atomic E-state index is -1.81. The molecule has 0 bridgehead atoms. The first-order chi connectivity index (χ1) is 15.7. The highest BCUT2D eigenvalue weighted by Gasteiger charge is 2.24. The lowest BCUT2D eigenvalue weighted by molar-refractivity contribution is 0.0824. The number of benzene rings is 2. The molecular formula is C24H27N5O3S. The summed E-state index contributed by atoms with van der Waals surface area (Å²) in [7, 11) is 3.22. The number of phenols is 1. The van der Waals surface area contributed by atoms with Crippen molar-refractivity contribution in [3.8, 4) is 5.75 Å². The number of para-hydroxylation sites is 1. The first kappa shape index (κ1) is 22.8. The van der Waals surface area contributed by atoms with Gasteiger partial charge in [0.2, 0.25) is 11.6 Å². The molecule has 1 aliphatic rings. The Morgan fingerprint density at radius 1 is 1.18 bits per heavy atom. The minimum Gasteiger partial charge on any atom is -0.546 e. The number of aromatic hydroxyl groups is 1. The average Bonchev–Trinajstić information content (AvgIpc) is 3.38. The van der Waals surface area contributed by atoms with Crippen molar-refractivity contribution in [3.05, 3.63) is 70.8 Å². The van der Waals surface area contributed by atoms with Gasteiger partial charge in [0.05, 0.1) is 17.3 Å². The van der Waals surface area contributed by atoms with Crippen LogP contribution >= 0.6 is 11.1 Å². The molecule has 33 heavy (non-hydrogen) atoms. The van der Waals surface area contributed by atoms with Crippen molar-refractivity contribution < 1.29 is 14.5 Å². The summed E-state index contributed by atoms with van der Waals surface area (Å²) in [5.74, 6) is -0.0406. The molecule has 172 valence electrons. The summed E-state index contributed by atoms with van der Waals surface area (Å²) in [5.41, 5.74) is 5.05. The van der Waals surface area contributed by atoms with Gasteiger partial charge in [-0.15, -0.1) is 0 Å². The molecule has 1 amide bonds. The zero-order valence-electron chi connectivity index (χ0n) is 18.9. The Kier molecular flexibility index (Phi) is 6.35. The molecule has 0 radical (unpaired) electrons. The zero-order chi connectivity index (χ0) is 23.7. The van der Waals surface area contributed by atoms with Gasteiger partial charge in [0, 0.05) is 22.8 Å². The Bertz CT molecular complexity index is 1220. The van der Waals surface area contributed by atoms with Crippen LogP contribution in [0.5, 0.6) is 5.75 Å². The molecule has 9 heteroatoms. The van der Waals surface area contributed by atoms with Crippen LogP contribution in [-0.4, -0.2) is 43.3 Å². The van der Waals surface area contributed by atoms with Crippen LogP contribution in [0, 0.1) is 0 Å². The van der Waals surface area contributed by atoms with Crippen LogP contribution in [0.4, 0.5) is 17.3 Å². The third kappa shape index (κ3) is 4.69. The standard InChI is InChI=1S/C24H27N5O3S/c1-14(2)20(17-12-11-15-7-5-8-16(15)13-17)26-23-22(27-33(32)28-23)25-19-10-6-9-18(21(19)30)24(31)29(3)4/h6,9-13,20,30H,1,5,7-8H2,2-4H3,(H,25,27)(H,26,28). The Morgan fingerprint density at radius 2 is 1.91 bits per heavy atom. The van der Waals surface area contributed by atoms with Gasteiger partial charge in [-0.05, 0) is 55.0 Å². The van der Waals surface area contributed by atoms with E-state index in [0.29, 0.717) is 5.82 Å². The molecule has 2 unspecified atom stereocenters. The lowest BCUT2D eigenvalue weighted by Gasteiger charge is -2.20.